The van der Waals surface area contributed by atoms with Crippen molar-refractivity contribution >= 4 is 34.6 Å². The Morgan fingerprint density at radius 1 is 1.33 bits per heavy atom. The van der Waals surface area contributed by atoms with E-state index in [1.807, 2.05) is 0 Å². The standard InChI is InChI=1S/C12H10Cl2O/c1-3-4-10(8(2)15)9-5-6-11(13)12(14)7-9/h3-7H,1H2,2H3/b10-4-. The van der Waals surface area contributed by atoms with Gasteiger partial charge in [0.25, 0.3) is 0 Å². The molecule has 1 aromatic rings. The molecule has 0 aliphatic rings. The van der Waals surface area contributed by atoms with Crippen molar-refractivity contribution in [2.24, 2.45) is 0 Å². The van der Waals surface area contributed by atoms with Gasteiger partial charge in [-0.2, -0.15) is 0 Å². The Labute approximate surface area is 99.0 Å². The van der Waals surface area contributed by atoms with Crippen LogP contribution in [-0.4, -0.2) is 5.78 Å². The third-order valence-electron chi connectivity index (χ3n) is 1.89. The molecule has 0 aromatic heterocycles. The number of rotatable bonds is 3. The average molecular weight is 241 g/mol. The Morgan fingerprint density at radius 3 is 2.47 bits per heavy atom. The Bertz CT molecular complexity index is 433. The van der Waals surface area contributed by atoms with Crippen LogP contribution in [0.15, 0.2) is 36.9 Å². The van der Waals surface area contributed by atoms with Crippen LogP contribution in [0, 0.1) is 0 Å². The average Bonchev–Trinajstić information content (AvgIpc) is 2.18. The minimum Gasteiger partial charge on any atom is -0.294 e. The largest absolute Gasteiger partial charge is 0.294 e. The molecule has 0 bridgehead atoms. The number of hydrogen-bond donors (Lipinski definition) is 0. The predicted octanol–water partition coefficient (Wildman–Crippen LogP) is 4.15. The highest BCUT2D eigenvalue weighted by molar-refractivity contribution is 6.42. The number of ketones is 1. The Morgan fingerprint density at radius 2 is 2.00 bits per heavy atom. The van der Waals surface area contributed by atoms with Gasteiger partial charge in [-0.3, -0.25) is 4.79 Å². The Hall–Kier alpha value is -1.05. The smallest absolute Gasteiger partial charge is 0.160 e. The third-order valence-corrected chi connectivity index (χ3v) is 2.63. The van der Waals surface area contributed by atoms with Gasteiger partial charge in [0.05, 0.1) is 10.0 Å². The number of benzene rings is 1. The number of Topliss-reactive ketones (excluding diaryl/α,β-unsaturated/α-hetero) is 1. The van der Waals surface area contributed by atoms with Crippen molar-refractivity contribution in [2.75, 3.05) is 0 Å². The van der Waals surface area contributed by atoms with Crippen molar-refractivity contribution in [3.8, 4) is 0 Å². The van der Waals surface area contributed by atoms with Crippen LogP contribution in [0.2, 0.25) is 10.0 Å². The SMILES string of the molecule is C=C/C=C(/C(C)=O)c1ccc(Cl)c(Cl)c1. The fourth-order valence-corrected chi connectivity index (χ4v) is 1.50. The zero-order valence-corrected chi connectivity index (χ0v) is 9.77. The topological polar surface area (TPSA) is 17.1 Å². The number of halogens is 2. The van der Waals surface area contributed by atoms with Crippen LogP contribution in [0.5, 0.6) is 0 Å². The van der Waals surface area contributed by atoms with E-state index in [1.165, 1.54) is 6.92 Å². The van der Waals surface area contributed by atoms with Gasteiger partial charge in [-0.15, -0.1) is 0 Å². The van der Waals surface area contributed by atoms with Gasteiger partial charge in [-0.1, -0.05) is 48.0 Å². The summed E-state index contributed by atoms with van der Waals surface area (Å²) in [6.07, 6.45) is 3.22. The highest BCUT2D eigenvalue weighted by Crippen LogP contribution is 2.26. The maximum Gasteiger partial charge on any atom is 0.160 e. The lowest BCUT2D eigenvalue weighted by atomic mass is 10.0. The molecule has 0 unspecified atom stereocenters. The highest BCUT2D eigenvalue weighted by atomic mass is 35.5. The normalized spacial score (nSPS) is 11.3. The number of hydrogen-bond acceptors (Lipinski definition) is 1. The number of carbonyl (C=O) groups excluding carboxylic acids is 1. The molecule has 0 saturated carbocycles. The van der Waals surface area contributed by atoms with Crippen molar-refractivity contribution in [2.45, 2.75) is 6.92 Å². The van der Waals surface area contributed by atoms with Crippen LogP contribution in [0.4, 0.5) is 0 Å². The van der Waals surface area contributed by atoms with E-state index in [2.05, 4.69) is 6.58 Å². The molecule has 1 aromatic carbocycles. The van der Waals surface area contributed by atoms with E-state index in [-0.39, 0.29) is 5.78 Å². The van der Waals surface area contributed by atoms with Crippen LogP contribution >= 0.6 is 23.2 Å². The van der Waals surface area contributed by atoms with Crippen molar-refractivity contribution in [1.29, 1.82) is 0 Å². The number of carbonyl (C=O) groups is 1. The molecule has 1 rings (SSSR count). The molecule has 0 heterocycles. The monoisotopic (exact) mass is 240 g/mol. The molecule has 0 saturated heterocycles. The summed E-state index contributed by atoms with van der Waals surface area (Å²) < 4.78 is 0. The van der Waals surface area contributed by atoms with Gasteiger partial charge >= 0.3 is 0 Å². The fourth-order valence-electron chi connectivity index (χ4n) is 1.20. The molecular formula is C12H10Cl2O. The fraction of sp³-hybridized carbons (Fsp3) is 0.0833. The van der Waals surface area contributed by atoms with Gasteiger partial charge in [0.2, 0.25) is 0 Å². The predicted molar refractivity (Wildman–Crippen MR) is 65.3 cm³/mol. The molecule has 0 atom stereocenters. The molecule has 0 N–H and O–H groups in total. The van der Waals surface area contributed by atoms with E-state index < -0.39 is 0 Å². The summed E-state index contributed by atoms with van der Waals surface area (Å²) >= 11 is 11.7. The van der Waals surface area contributed by atoms with Crippen molar-refractivity contribution < 1.29 is 4.79 Å². The Balaban J connectivity index is 3.24. The minimum atomic E-state index is -0.0340. The van der Waals surface area contributed by atoms with Crippen LogP contribution in [0.1, 0.15) is 12.5 Å². The first-order valence-corrected chi connectivity index (χ1v) is 5.11. The van der Waals surface area contributed by atoms with Crippen LogP contribution in [-0.2, 0) is 4.79 Å². The van der Waals surface area contributed by atoms with E-state index in [4.69, 9.17) is 23.2 Å². The van der Waals surface area contributed by atoms with E-state index >= 15 is 0 Å². The second-order valence-corrected chi connectivity index (χ2v) is 3.82. The molecule has 78 valence electrons. The summed E-state index contributed by atoms with van der Waals surface area (Å²) in [6.45, 7) is 5.06. The first-order valence-electron chi connectivity index (χ1n) is 4.35. The second kappa shape index (κ2) is 5.15. The molecule has 0 spiro atoms. The van der Waals surface area contributed by atoms with E-state index in [0.717, 1.165) is 5.56 Å². The molecule has 0 aliphatic carbocycles. The molecule has 3 heteroatoms. The second-order valence-electron chi connectivity index (χ2n) is 3.00. The molecule has 0 radical (unpaired) electrons. The summed E-state index contributed by atoms with van der Waals surface area (Å²) in [4.78, 5) is 11.3. The van der Waals surface area contributed by atoms with E-state index in [0.29, 0.717) is 15.6 Å². The summed E-state index contributed by atoms with van der Waals surface area (Å²) in [5, 5.41) is 0.910. The summed E-state index contributed by atoms with van der Waals surface area (Å²) in [5.41, 5.74) is 1.32. The molecule has 0 amide bonds. The summed E-state index contributed by atoms with van der Waals surface area (Å²) in [5.74, 6) is -0.0340. The summed E-state index contributed by atoms with van der Waals surface area (Å²) in [7, 11) is 0. The van der Waals surface area contributed by atoms with Crippen molar-refractivity contribution in [3.05, 3.63) is 52.5 Å². The first kappa shape index (κ1) is 12.0. The van der Waals surface area contributed by atoms with Gasteiger partial charge in [-0.25, -0.2) is 0 Å². The lowest BCUT2D eigenvalue weighted by Gasteiger charge is -2.04. The van der Waals surface area contributed by atoms with Gasteiger partial charge in [0.1, 0.15) is 0 Å². The molecular weight excluding hydrogens is 231 g/mol. The first-order chi connectivity index (χ1) is 7.06. The van der Waals surface area contributed by atoms with Crippen LogP contribution in [0.25, 0.3) is 5.57 Å². The molecule has 0 fully saturated rings. The van der Waals surface area contributed by atoms with Crippen LogP contribution < -0.4 is 0 Å². The summed E-state index contributed by atoms with van der Waals surface area (Å²) in [6, 6.07) is 5.09. The van der Waals surface area contributed by atoms with Gasteiger partial charge in [0, 0.05) is 5.57 Å². The third kappa shape index (κ3) is 2.95. The maximum atomic E-state index is 11.3. The minimum absolute atomic E-state index is 0.0340. The zero-order chi connectivity index (χ0) is 11.4. The van der Waals surface area contributed by atoms with E-state index in [9.17, 15) is 4.79 Å². The lowest BCUT2D eigenvalue weighted by Crippen LogP contribution is -1.95. The van der Waals surface area contributed by atoms with Gasteiger partial charge in [0.15, 0.2) is 5.78 Å². The van der Waals surface area contributed by atoms with Crippen LogP contribution in [0.3, 0.4) is 0 Å². The quantitative estimate of drug-likeness (QED) is 0.573. The van der Waals surface area contributed by atoms with E-state index in [1.54, 1.807) is 30.4 Å². The zero-order valence-electron chi connectivity index (χ0n) is 8.26. The Kier molecular flexibility index (Phi) is 4.13. The maximum absolute atomic E-state index is 11.3. The molecule has 0 aliphatic heterocycles. The van der Waals surface area contributed by atoms with Gasteiger partial charge < -0.3 is 0 Å². The molecule has 15 heavy (non-hydrogen) atoms. The lowest BCUT2D eigenvalue weighted by molar-refractivity contribution is -0.111. The highest BCUT2D eigenvalue weighted by Gasteiger charge is 2.07. The van der Waals surface area contributed by atoms with Gasteiger partial charge in [-0.05, 0) is 24.6 Å². The molecule has 1 nitrogen and oxygen atoms in total. The van der Waals surface area contributed by atoms with Crippen molar-refractivity contribution in [3.63, 3.8) is 0 Å². The number of allylic oxidation sites excluding steroid dienone is 3. The van der Waals surface area contributed by atoms with Crippen molar-refractivity contribution in [1.82, 2.24) is 0 Å².